The molecule has 1 aromatic heterocycles. The van der Waals surface area contributed by atoms with Crippen LogP contribution in [-0.2, 0) is 15.0 Å². The molecule has 6 aliphatic rings. The molecular formula is C40H60N8O2. The molecule has 1 aromatic carbocycles. The number of amides is 2. The van der Waals surface area contributed by atoms with Gasteiger partial charge < -0.3 is 20.1 Å². The van der Waals surface area contributed by atoms with Crippen molar-refractivity contribution in [2.45, 2.75) is 121 Å². The normalized spacial score (nSPS) is 30.8. The fourth-order valence-electron chi connectivity index (χ4n) is 10.2. The van der Waals surface area contributed by atoms with Crippen LogP contribution in [0.5, 0.6) is 0 Å². The zero-order valence-electron chi connectivity index (χ0n) is 31.5. The second kappa shape index (κ2) is 13.7. The van der Waals surface area contributed by atoms with Gasteiger partial charge in [-0.05, 0) is 127 Å². The summed E-state index contributed by atoms with van der Waals surface area (Å²) in [4.78, 5) is 48.5. The molecule has 10 nitrogen and oxygen atoms in total. The van der Waals surface area contributed by atoms with E-state index in [4.69, 9.17) is 9.98 Å². The standard InChI is InChI=1S/C40H60N8O2/c1-26(2)34(46(6)7)38(50)48-23-9-10-31(48)35-41-24-30(43-35)28-12-14-29(15-13-28)39-16-19-40(20-17-39,21-18-39)33-25-42-36(44-33)32-11-8-22-47(32)37(49)27(3)45(4)5/h12-15,24,26-27,31-34H,8-11,16-23,25H2,1-7H3,(H,41,43)(H,42,44)/t27?,31-,32-,33?,34-,39?,40?/m0/s1. The van der Waals surface area contributed by atoms with Gasteiger partial charge in [0.15, 0.2) is 0 Å². The van der Waals surface area contributed by atoms with E-state index in [-0.39, 0.29) is 47.3 Å². The van der Waals surface area contributed by atoms with Crippen molar-refractivity contribution in [2.24, 2.45) is 16.3 Å². The van der Waals surface area contributed by atoms with Crippen molar-refractivity contribution in [1.29, 1.82) is 0 Å². The molecule has 4 heterocycles. The van der Waals surface area contributed by atoms with Crippen molar-refractivity contribution < 1.29 is 9.59 Å². The van der Waals surface area contributed by atoms with E-state index < -0.39 is 0 Å². The molecule has 2 N–H and O–H groups in total. The first-order chi connectivity index (χ1) is 23.9. The van der Waals surface area contributed by atoms with Crippen LogP contribution in [0.25, 0.3) is 11.3 Å². The predicted molar refractivity (Wildman–Crippen MR) is 199 cm³/mol. The van der Waals surface area contributed by atoms with Crippen LogP contribution in [0.3, 0.4) is 0 Å². The first-order valence-corrected chi connectivity index (χ1v) is 19.3. The van der Waals surface area contributed by atoms with Crippen molar-refractivity contribution in [3.63, 3.8) is 0 Å². The number of aromatic amines is 1. The van der Waals surface area contributed by atoms with E-state index >= 15 is 0 Å². The first kappa shape index (κ1) is 35.2. The Hall–Kier alpha value is -3.24. The summed E-state index contributed by atoms with van der Waals surface area (Å²) in [5.74, 6) is 2.63. The Labute approximate surface area is 299 Å². The van der Waals surface area contributed by atoms with Gasteiger partial charge in [-0.3, -0.25) is 24.4 Å². The average Bonchev–Trinajstić information content (AvgIpc) is 3.94. The van der Waals surface area contributed by atoms with E-state index in [0.717, 1.165) is 68.2 Å². The van der Waals surface area contributed by atoms with E-state index in [9.17, 15) is 9.59 Å². The second-order valence-corrected chi connectivity index (χ2v) is 17.0. The van der Waals surface area contributed by atoms with Gasteiger partial charge in [0, 0.05) is 13.1 Å². The SMILES string of the molecule is CC(C)[C@@H](C(=O)N1CCC[C@H]1c1ncc(-c2ccc(C34CCC(C5CN=C([C@@H]6CCCN6C(=O)C(C)N(C)C)N5)(CC3)CC4)cc2)[nH]1)N(C)C. The number of carbonyl (C=O) groups is 2. The van der Waals surface area contributed by atoms with Crippen molar-refractivity contribution in [3.05, 3.63) is 41.9 Å². The lowest BCUT2D eigenvalue weighted by Gasteiger charge is -2.56. The summed E-state index contributed by atoms with van der Waals surface area (Å²) in [6.07, 6.45) is 13.3. The quantitative estimate of drug-likeness (QED) is 0.356. The summed E-state index contributed by atoms with van der Waals surface area (Å²) in [7, 11) is 7.96. The first-order valence-electron chi connectivity index (χ1n) is 19.3. The van der Waals surface area contributed by atoms with E-state index in [1.165, 1.54) is 44.1 Å². The maximum absolute atomic E-state index is 13.6. The molecule has 2 saturated heterocycles. The third kappa shape index (κ3) is 6.18. The van der Waals surface area contributed by atoms with Crippen LogP contribution in [0.15, 0.2) is 35.5 Å². The topological polar surface area (TPSA) is 100 Å². The van der Waals surface area contributed by atoms with Gasteiger partial charge in [-0.1, -0.05) is 38.1 Å². The van der Waals surface area contributed by atoms with Crippen LogP contribution in [0.4, 0.5) is 0 Å². The highest BCUT2D eigenvalue weighted by Gasteiger charge is 2.54. The van der Waals surface area contributed by atoms with Crippen LogP contribution >= 0.6 is 0 Å². The average molecular weight is 685 g/mol. The van der Waals surface area contributed by atoms with Gasteiger partial charge in [-0.2, -0.15) is 0 Å². The summed E-state index contributed by atoms with van der Waals surface area (Å²) in [6.45, 7) is 8.71. The lowest BCUT2D eigenvalue weighted by Crippen LogP contribution is -2.56. The zero-order valence-corrected chi connectivity index (χ0v) is 31.5. The highest BCUT2D eigenvalue weighted by molar-refractivity contribution is 5.94. The van der Waals surface area contributed by atoms with Crippen LogP contribution in [0, 0.1) is 11.3 Å². The predicted octanol–water partition coefficient (Wildman–Crippen LogP) is 5.23. The number of carbonyl (C=O) groups excluding carboxylic acids is 2. The monoisotopic (exact) mass is 684 g/mol. The van der Waals surface area contributed by atoms with Crippen LogP contribution in [-0.4, -0.2) is 119 Å². The molecular weight excluding hydrogens is 624 g/mol. The van der Waals surface area contributed by atoms with Gasteiger partial charge in [0.2, 0.25) is 11.8 Å². The smallest absolute Gasteiger partial charge is 0.240 e. The minimum Gasteiger partial charge on any atom is -0.367 e. The Morgan fingerprint density at radius 3 is 2.06 bits per heavy atom. The fourth-order valence-corrected chi connectivity index (χ4v) is 10.2. The number of nitrogens with zero attached hydrogens (tertiary/aromatic N) is 6. The number of H-pyrrole nitrogens is 1. The summed E-state index contributed by atoms with van der Waals surface area (Å²) >= 11 is 0. The summed E-state index contributed by atoms with van der Waals surface area (Å²) in [5, 5.41) is 3.91. The van der Waals surface area contributed by atoms with E-state index in [0.29, 0.717) is 11.5 Å². The van der Waals surface area contributed by atoms with Crippen LogP contribution in [0.1, 0.15) is 102 Å². The lowest BCUT2D eigenvalue weighted by atomic mass is 9.50. The molecule has 0 spiro atoms. The van der Waals surface area contributed by atoms with Crippen LogP contribution < -0.4 is 5.32 Å². The van der Waals surface area contributed by atoms with E-state index in [1.54, 1.807) is 0 Å². The Balaban J connectivity index is 0.975. The number of amidine groups is 1. The van der Waals surface area contributed by atoms with Crippen molar-refractivity contribution in [2.75, 3.05) is 47.8 Å². The number of hydrogen-bond donors (Lipinski definition) is 2. The molecule has 5 atom stereocenters. The summed E-state index contributed by atoms with van der Waals surface area (Å²) < 4.78 is 0. The van der Waals surface area contributed by atoms with E-state index in [1.807, 2.05) is 56.0 Å². The van der Waals surface area contributed by atoms with Gasteiger partial charge in [0.1, 0.15) is 11.7 Å². The minimum atomic E-state index is -0.126. The number of benzene rings is 1. The Morgan fingerprint density at radius 2 is 1.46 bits per heavy atom. The summed E-state index contributed by atoms with van der Waals surface area (Å²) in [6, 6.07) is 9.48. The number of rotatable bonds is 10. The van der Waals surface area contributed by atoms with Crippen molar-refractivity contribution in [1.82, 2.24) is 34.9 Å². The highest BCUT2D eigenvalue weighted by atomic mass is 16.2. The number of hydrogen-bond acceptors (Lipinski definition) is 7. The molecule has 3 aliphatic carbocycles. The third-order valence-corrected chi connectivity index (χ3v) is 13.5. The molecule has 50 heavy (non-hydrogen) atoms. The molecule has 2 unspecified atom stereocenters. The Bertz CT molecular complexity index is 1540. The molecule has 3 saturated carbocycles. The molecule has 5 fully saturated rings. The number of fused-ring (bicyclic) bond motifs is 3. The number of likely N-dealkylation sites (tertiary alicyclic amines) is 2. The Morgan fingerprint density at radius 1 is 0.840 bits per heavy atom. The molecule has 8 rings (SSSR count). The molecule has 2 aromatic rings. The number of imidazole rings is 1. The molecule has 2 amide bonds. The van der Waals surface area contributed by atoms with Crippen LogP contribution in [0.2, 0.25) is 0 Å². The maximum Gasteiger partial charge on any atom is 0.240 e. The molecule has 0 radical (unpaired) electrons. The van der Waals surface area contributed by atoms with Crippen molar-refractivity contribution >= 4 is 17.6 Å². The molecule has 272 valence electrons. The summed E-state index contributed by atoms with van der Waals surface area (Å²) in [5.41, 5.74) is 4.18. The van der Waals surface area contributed by atoms with Crippen molar-refractivity contribution in [3.8, 4) is 11.3 Å². The highest BCUT2D eigenvalue weighted by Crippen LogP contribution is 2.59. The van der Waals surface area contributed by atoms with Gasteiger partial charge in [0.05, 0.1) is 48.6 Å². The maximum atomic E-state index is 13.6. The number of nitrogens with one attached hydrogen (secondary N) is 2. The number of likely N-dealkylation sites (N-methyl/N-ethyl adjacent to an activating group) is 2. The number of aliphatic imine (C=N–C) groups is 1. The van der Waals surface area contributed by atoms with E-state index in [2.05, 4.69) is 53.3 Å². The molecule has 3 aliphatic heterocycles. The number of aromatic nitrogens is 2. The zero-order chi connectivity index (χ0) is 35.4. The lowest BCUT2D eigenvalue weighted by molar-refractivity contribution is -0.138. The van der Waals surface area contributed by atoms with Gasteiger partial charge in [-0.15, -0.1) is 0 Å². The van der Waals surface area contributed by atoms with Gasteiger partial charge >= 0.3 is 0 Å². The molecule has 10 heteroatoms. The molecule has 2 bridgehead atoms. The van der Waals surface area contributed by atoms with Gasteiger partial charge in [0.25, 0.3) is 0 Å². The minimum absolute atomic E-state index is 0.00237. The second-order valence-electron chi connectivity index (χ2n) is 17.0. The third-order valence-electron chi connectivity index (χ3n) is 13.5. The largest absolute Gasteiger partial charge is 0.367 e. The van der Waals surface area contributed by atoms with Gasteiger partial charge in [-0.25, -0.2) is 4.98 Å². The fraction of sp³-hybridized carbons (Fsp3) is 0.700. The Kier molecular flexibility index (Phi) is 9.65.